The van der Waals surface area contributed by atoms with Crippen LogP contribution < -0.4 is 19.6 Å². The minimum atomic E-state index is -0.167. The van der Waals surface area contributed by atoms with Gasteiger partial charge in [-0.15, -0.1) is 5.10 Å². The largest absolute Gasteiger partial charge is 0.494 e. The fourth-order valence-corrected chi connectivity index (χ4v) is 4.51. The fourth-order valence-electron chi connectivity index (χ4n) is 3.58. The molecule has 0 N–H and O–H groups in total. The summed E-state index contributed by atoms with van der Waals surface area (Å²) in [5.41, 5.74) is 2.64. The Morgan fingerprint density at radius 1 is 1.16 bits per heavy atom. The Bertz CT molecular complexity index is 1390. The molecule has 0 saturated carbocycles. The first kappa shape index (κ1) is 20.5. The maximum atomic E-state index is 12.9. The van der Waals surface area contributed by atoms with Crippen LogP contribution in [-0.2, 0) is 0 Å². The van der Waals surface area contributed by atoms with Crippen molar-refractivity contribution in [1.82, 2.24) is 14.6 Å². The topological polar surface area (TPSA) is 65.7 Å². The van der Waals surface area contributed by atoms with Gasteiger partial charge in [0.1, 0.15) is 18.1 Å². The average molecular weight is 446 g/mol. The van der Waals surface area contributed by atoms with E-state index in [1.54, 1.807) is 0 Å². The molecular formula is C25H23N3O3S. The van der Waals surface area contributed by atoms with Crippen LogP contribution in [0.1, 0.15) is 31.7 Å². The lowest BCUT2D eigenvalue weighted by molar-refractivity contribution is 0.306. The smallest absolute Gasteiger partial charge is 0.291 e. The van der Waals surface area contributed by atoms with Gasteiger partial charge in [0.15, 0.2) is 5.82 Å². The number of hydrogen-bond donors (Lipinski definition) is 0. The first-order valence-electron chi connectivity index (χ1n) is 10.8. The molecule has 0 aliphatic carbocycles. The van der Waals surface area contributed by atoms with Gasteiger partial charge < -0.3 is 9.47 Å². The molecule has 0 atom stereocenters. The lowest BCUT2D eigenvalue weighted by Crippen LogP contribution is -2.24. The summed E-state index contributed by atoms with van der Waals surface area (Å²) in [5.74, 6) is 2.22. The third-order valence-corrected chi connectivity index (χ3v) is 6.24. The number of fused-ring (bicyclic) bond motifs is 2. The van der Waals surface area contributed by atoms with E-state index >= 15 is 0 Å². The van der Waals surface area contributed by atoms with Crippen molar-refractivity contribution in [2.45, 2.75) is 26.2 Å². The highest BCUT2D eigenvalue weighted by atomic mass is 32.1. The van der Waals surface area contributed by atoms with Gasteiger partial charge >= 0.3 is 0 Å². The van der Waals surface area contributed by atoms with Gasteiger partial charge in [0, 0.05) is 11.1 Å². The highest BCUT2D eigenvalue weighted by molar-refractivity contribution is 7.15. The molecule has 32 heavy (non-hydrogen) atoms. The van der Waals surface area contributed by atoms with Crippen LogP contribution in [0.2, 0.25) is 0 Å². The van der Waals surface area contributed by atoms with E-state index in [4.69, 9.17) is 9.47 Å². The number of para-hydroxylation sites is 1. The normalized spacial score (nSPS) is 13.7. The van der Waals surface area contributed by atoms with E-state index in [1.807, 2.05) is 60.7 Å². The number of ether oxygens (including phenoxy) is 2. The predicted octanol–water partition coefficient (Wildman–Crippen LogP) is 4.36. The van der Waals surface area contributed by atoms with E-state index in [2.05, 4.69) is 17.0 Å². The van der Waals surface area contributed by atoms with Gasteiger partial charge in [0.05, 0.1) is 11.1 Å². The zero-order valence-electron chi connectivity index (χ0n) is 17.8. The SMILES string of the molecule is CCCCCOc1ccc(-c2nc3sc(=CC4=Cc5ccccc5OC4)c(=O)n3n2)cc1. The summed E-state index contributed by atoms with van der Waals surface area (Å²) in [6.45, 7) is 3.33. The van der Waals surface area contributed by atoms with Crippen molar-refractivity contribution >= 4 is 28.4 Å². The van der Waals surface area contributed by atoms with Crippen molar-refractivity contribution in [3.63, 3.8) is 0 Å². The quantitative estimate of drug-likeness (QED) is 0.396. The van der Waals surface area contributed by atoms with Gasteiger partial charge in [-0.3, -0.25) is 4.79 Å². The number of hydrogen-bond acceptors (Lipinski definition) is 6. The van der Waals surface area contributed by atoms with E-state index in [9.17, 15) is 4.79 Å². The van der Waals surface area contributed by atoms with Crippen LogP contribution >= 0.6 is 11.3 Å². The Balaban J connectivity index is 1.37. The first-order chi connectivity index (χ1) is 15.7. The standard InChI is InChI=1S/C25H23N3O3S/c1-2-3-6-13-30-20-11-9-18(10-12-20)23-26-25-28(27-23)24(29)22(32-25)15-17-14-19-7-4-5-8-21(19)31-16-17/h4-5,7-12,14-15H,2-3,6,13,16H2,1H3. The first-order valence-corrected chi connectivity index (χ1v) is 11.6. The van der Waals surface area contributed by atoms with Crippen molar-refractivity contribution in [2.24, 2.45) is 0 Å². The number of thiazole rings is 1. The Morgan fingerprint density at radius 2 is 2.00 bits per heavy atom. The maximum absolute atomic E-state index is 12.9. The molecule has 0 unspecified atom stereocenters. The number of nitrogens with zero attached hydrogens (tertiary/aromatic N) is 3. The molecule has 0 saturated heterocycles. The summed E-state index contributed by atoms with van der Waals surface area (Å²) in [4.78, 5) is 18.0. The van der Waals surface area contributed by atoms with Gasteiger partial charge in [-0.25, -0.2) is 0 Å². The zero-order valence-corrected chi connectivity index (χ0v) is 18.6. The maximum Gasteiger partial charge on any atom is 0.291 e. The molecule has 3 heterocycles. The van der Waals surface area contributed by atoms with Crippen molar-refractivity contribution in [3.05, 3.63) is 74.6 Å². The van der Waals surface area contributed by atoms with Gasteiger partial charge in [0.2, 0.25) is 4.96 Å². The Kier molecular flexibility index (Phi) is 5.73. The molecule has 5 rings (SSSR count). The molecule has 0 bridgehead atoms. The van der Waals surface area contributed by atoms with Crippen molar-refractivity contribution < 1.29 is 9.47 Å². The number of benzene rings is 2. The van der Waals surface area contributed by atoms with E-state index in [-0.39, 0.29) is 5.56 Å². The predicted molar refractivity (Wildman–Crippen MR) is 127 cm³/mol. The Morgan fingerprint density at radius 3 is 2.81 bits per heavy atom. The van der Waals surface area contributed by atoms with E-state index in [0.717, 1.165) is 41.2 Å². The van der Waals surface area contributed by atoms with Crippen molar-refractivity contribution in [2.75, 3.05) is 13.2 Å². The van der Waals surface area contributed by atoms with Crippen molar-refractivity contribution in [1.29, 1.82) is 0 Å². The number of rotatable bonds is 7. The van der Waals surface area contributed by atoms with Crippen LogP contribution in [0.25, 0.3) is 28.5 Å². The van der Waals surface area contributed by atoms with Crippen LogP contribution in [0.3, 0.4) is 0 Å². The van der Waals surface area contributed by atoms with Crippen LogP contribution in [0.15, 0.2) is 58.9 Å². The monoisotopic (exact) mass is 445 g/mol. The number of aromatic nitrogens is 3. The second kappa shape index (κ2) is 8.96. The zero-order chi connectivity index (χ0) is 21.9. The molecule has 6 nitrogen and oxygen atoms in total. The summed E-state index contributed by atoms with van der Waals surface area (Å²) in [7, 11) is 0. The van der Waals surface area contributed by atoms with E-state index < -0.39 is 0 Å². The lowest BCUT2D eigenvalue weighted by Gasteiger charge is -2.15. The molecule has 2 aromatic carbocycles. The van der Waals surface area contributed by atoms with E-state index in [0.29, 0.717) is 21.9 Å². The number of unbranched alkanes of at least 4 members (excludes halogenated alkanes) is 2. The highest BCUT2D eigenvalue weighted by Gasteiger charge is 2.14. The van der Waals surface area contributed by atoms with Crippen LogP contribution in [0.4, 0.5) is 0 Å². The Labute approximate surface area is 189 Å². The molecule has 7 heteroatoms. The molecule has 1 aliphatic rings. The molecule has 0 fully saturated rings. The van der Waals surface area contributed by atoms with Gasteiger partial charge in [-0.2, -0.15) is 9.50 Å². The summed E-state index contributed by atoms with van der Waals surface area (Å²) < 4.78 is 13.5. The minimum absolute atomic E-state index is 0.167. The molecule has 0 spiro atoms. The summed E-state index contributed by atoms with van der Waals surface area (Å²) in [5, 5.41) is 4.44. The van der Waals surface area contributed by atoms with E-state index in [1.165, 1.54) is 28.7 Å². The van der Waals surface area contributed by atoms with Crippen LogP contribution in [0.5, 0.6) is 11.5 Å². The highest BCUT2D eigenvalue weighted by Crippen LogP contribution is 2.26. The van der Waals surface area contributed by atoms with Gasteiger partial charge in [0.25, 0.3) is 5.56 Å². The molecule has 162 valence electrons. The van der Waals surface area contributed by atoms with Gasteiger partial charge in [-0.05, 0) is 54.5 Å². The van der Waals surface area contributed by atoms with Gasteiger partial charge in [-0.1, -0.05) is 49.3 Å². The molecule has 0 amide bonds. The van der Waals surface area contributed by atoms with Crippen LogP contribution in [0, 0.1) is 0 Å². The van der Waals surface area contributed by atoms with Crippen LogP contribution in [-0.4, -0.2) is 27.8 Å². The lowest BCUT2D eigenvalue weighted by atomic mass is 10.1. The Hall–Kier alpha value is -3.45. The molecule has 4 aromatic rings. The average Bonchev–Trinajstić information content (AvgIpc) is 3.36. The molecule has 2 aromatic heterocycles. The summed E-state index contributed by atoms with van der Waals surface area (Å²) >= 11 is 1.33. The van der Waals surface area contributed by atoms with Crippen molar-refractivity contribution in [3.8, 4) is 22.9 Å². The molecule has 1 aliphatic heterocycles. The molecule has 0 radical (unpaired) electrons. The summed E-state index contributed by atoms with van der Waals surface area (Å²) in [6.07, 6.45) is 7.31. The molecular weight excluding hydrogens is 422 g/mol. The third kappa shape index (κ3) is 4.16. The third-order valence-electron chi connectivity index (χ3n) is 5.28. The minimum Gasteiger partial charge on any atom is -0.494 e. The second-order valence-corrected chi connectivity index (χ2v) is 8.68. The fraction of sp³-hybridized carbons (Fsp3) is 0.240. The summed E-state index contributed by atoms with van der Waals surface area (Å²) in [6, 6.07) is 15.5. The second-order valence-electron chi connectivity index (χ2n) is 7.67.